The fourth-order valence-corrected chi connectivity index (χ4v) is 5.41. The SMILES string of the molecule is CCCCCCCCCCCCCCC(Br)c1ccc(C2Cc3ccccc3OC2=O)cc1. The summed E-state index contributed by atoms with van der Waals surface area (Å²) in [6.45, 7) is 2.28. The summed E-state index contributed by atoms with van der Waals surface area (Å²) < 4.78 is 5.55. The molecule has 33 heavy (non-hydrogen) atoms. The Balaban J connectivity index is 1.31. The smallest absolute Gasteiger partial charge is 0.319 e. The zero-order valence-electron chi connectivity index (χ0n) is 20.4. The summed E-state index contributed by atoms with van der Waals surface area (Å²) in [5.74, 6) is 0.353. The van der Waals surface area contributed by atoms with E-state index < -0.39 is 0 Å². The molecule has 0 fully saturated rings. The van der Waals surface area contributed by atoms with E-state index in [-0.39, 0.29) is 11.9 Å². The van der Waals surface area contributed by atoms with Gasteiger partial charge in [0.1, 0.15) is 5.75 Å². The highest BCUT2D eigenvalue weighted by atomic mass is 79.9. The Kier molecular flexibility index (Phi) is 11.5. The van der Waals surface area contributed by atoms with E-state index in [1.807, 2.05) is 24.3 Å². The molecule has 3 rings (SSSR count). The van der Waals surface area contributed by atoms with Gasteiger partial charge >= 0.3 is 5.97 Å². The molecule has 2 aromatic carbocycles. The van der Waals surface area contributed by atoms with Crippen molar-refractivity contribution < 1.29 is 9.53 Å². The summed E-state index contributed by atoms with van der Waals surface area (Å²) in [5, 5.41) is 0. The lowest BCUT2D eigenvalue weighted by Gasteiger charge is -2.23. The van der Waals surface area contributed by atoms with Gasteiger partial charge in [0.05, 0.1) is 5.92 Å². The zero-order valence-corrected chi connectivity index (χ0v) is 22.0. The van der Waals surface area contributed by atoms with E-state index >= 15 is 0 Å². The van der Waals surface area contributed by atoms with Crippen molar-refractivity contribution in [3.63, 3.8) is 0 Å². The number of hydrogen-bond donors (Lipinski definition) is 0. The van der Waals surface area contributed by atoms with Crippen LogP contribution in [-0.4, -0.2) is 5.97 Å². The molecule has 2 atom stereocenters. The number of rotatable bonds is 15. The van der Waals surface area contributed by atoms with Gasteiger partial charge < -0.3 is 4.74 Å². The van der Waals surface area contributed by atoms with E-state index in [1.54, 1.807) is 0 Å². The predicted octanol–water partition coefficient (Wildman–Crippen LogP) is 9.46. The van der Waals surface area contributed by atoms with Crippen molar-refractivity contribution in [2.45, 2.75) is 108 Å². The number of carbonyl (C=O) groups excluding carboxylic acids is 1. The Hall–Kier alpha value is -1.61. The molecule has 180 valence electrons. The van der Waals surface area contributed by atoms with Gasteiger partial charge in [-0.2, -0.15) is 0 Å². The quantitative estimate of drug-likeness (QED) is 0.103. The molecule has 0 bridgehead atoms. The Labute approximate surface area is 209 Å². The lowest BCUT2D eigenvalue weighted by atomic mass is 9.89. The highest BCUT2D eigenvalue weighted by Gasteiger charge is 2.29. The van der Waals surface area contributed by atoms with Gasteiger partial charge in [-0.25, -0.2) is 0 Å². The minimum absolute atomic E-state index is 0.145. The number of ether oxygens (including phenoxy) is 1. The van der Waals surface area contributed by atoms with Crippen LogP contribution in [0.5, 0.6) is 5.75 Å². The highest BCUT2D eigenvalue weighted by Crippen LogP contribution is 2.35. The average Bonchev–Trinajstić information content (AvgIpc) is 2.84. The maximum Gasteiger partial charge on any atom is 0.319 e. The van der Waals surface area contributed by atoms with Gasteiger partial charge in [-0.05, 0) is 35.6 Å². The number of esters is 1. The average molecular weight is 514 g/mol. The molecule has 0 amide bonds. The Morgan fingerprint density at radius 2 is 1.39 bits per heavy atom. The molecule has 0 aliphatic carbocycles. The molecule has 2 nitrogen and oxygen atoms in total. The summed E-state index contributed by atoms with van der Waals surface area (Å²) in [6.07, 6.45) is 18.5. The monoisotopic (exact) mass is 512 g/mol. The van der Waals surface area contributed by atoms with E-state index in [0.717, 1.165) is 17.5 Å². The number of para-hydroxylation sites is 1. The Bertz CT molecular complexity index is 829. The normalized spacial score (nSPS) is 16.3. The van der Waals surface area contributed by atoms with Crippen LogP contribution in [0.15, 0.2) is 48.5 Å². The third-order valence-corrected chi connectivity index (χ3v) is 7.89. The molecule has 0 saturated carbocycles. The molecule has 0 aromatic heterocycles. The van der Waals surface area contributed by atoms with E-state index in [9.17, 15) is 4.79 Å². The van der Waals surface area contributed by atoms with Gasteiger partial charge in [-0.15, -0.1) is 0 Å². The number of halogens is 1. The molecule has 0 radical (unpaired) electrons. The molecular formula is C30H41BrO2. The zero-order chi connectivity index (χ0) is 23.3. The third kappa shape index (κ3) is 8.59. The van der Waals surface area contributed by atoms with Gasteiger partial charge in [0.15, 0.2) is 0 Å². The highest BCUT2D eigenvalue weighted by molar-refractivity contribution is 9.09. The molecule has 2 unspecified atom stereocenters. The number of benzene rings is 2. The van der Waals surface area contributed by atoms with Crippen LogP contribution >= 0.6 is 15.9 Å². The summed E-state index contributed by atoms with van der Waals surface area (Å²) >= 11 is 3.88. The van der Waals surface area contributed by atoms with Crippen LogP contribution in [0.4, 0.5) is 0 Å². The van der Waals surface area contributed by atoms with Gasteiger partial charge in [-0.1, -0.05) is 142 Å². The summed E-state index contributed by atoms with van der Waals surface area (Å²) in [5.41, 5.74) is 3.45. The van der Waals surface area contributed by atoms with E-state index in [1.165, 1.54) is 82.6 Å². The minimum Gasteiger partial charge on any atom is -0.426 e. The second-order valence-corrected chi connectivity index (χ2v) is 10.7. The maximum atomic E-state index is 12.5. The molecule has 1 aliphatic rings. The standard InChI is InChI=1S/C30H41BrO2/c1-2-3-4-5-6-7-8-9-10-11-12-13-17-28(31)25-21-19-24(20-22-25)27-23-26-16-14-15-18-29(26)33-30(27)32/h14-16,18-22,27-28H,2-13,17,23H2,1H3. The van der Waals surface area contributed by atoms with Crippen molar-refractivity contribution in [2.75, 3.05) is 0 Å². The van der Waals surface area contributed by atoms with Crippen LogP contribution in [0, 0.1) is 0 Å². The van der Waals surface area contributed by atoms with Crippen molar-refractivity contribution in [3.05, 3.63) is 65.2 Å². The number of alkyl halides is 1. The Morgan fingerprint density at radius 3 is 2.03 bits per heavy atom. The number of hydrogen-bond acceptors (Lipinski definition) is 2. The fourth-order valence-electron chi connectivity index (χ4n) is 4.78. The lowest BCUT2D eigenvalue weighted by molar-refractivity contribution is -0.137. The summed E-state index contributed by atoms with van der Waals surface area (Å²) in [4.78, 5) is 12.9. The number of unbranched alkanes of at least 4 members (excludes halogenated alkanes) is 11. The van der Waals surface area contributed by atoms with Gasteiger partial charge in [0, 0.05) is 4.83 Å². The topological polar surface area (TPSA) is 26.3 Å². The molecule has 3 heteroatoms. The first-order valence-corrected chi connectivity index (χ1v) is 14.1. The molecule has 1 heterocycles. The first kappa shape index (κ1) is 26.0. The second-order valence-electron chi connectivity index (χ2n) is 9.60. The van der Waals surface area contributed by atoms with Crippen LogP contribution < -0.4 is 4.74 Å². The number of fused-ring (bicyclic) bond motifs is 1. The van der Waals surface area contributed by atoms with Crippen molar-refractivity contribution in [3.8, 4) is 5.75 Å². The van der Waals surface area contributed by atoms with Gasteiger partial charge in [0.25, 0.3) is 0 Å². The molecule has 0 N–H and O–H groups in total. The molecule has 0 saturated heterocycles. The van der Waals surface area contributed by atoms with Gasteiger partial charge in [-0.3, -0.25) is 4.79 Å². The fraction of sp³-hybridized carbons (Fsp3) is 0.567. The van der Waals surface area contributed by atoms with Crippen molar-refractivity contribution in [1.29, 1.82) is 0 Å². The first-order chi connectivity index (χ1) is 16.2. The molecule has 2 aromatic rings. The lowest BCUT2D eigenvalue weighted by Crippen LogP contribution is -2.25. The van der Waals surface area contributed by atoms with Crippen molar-refractivity contribution >= 4 is 21.9 Å². The molecule has 0 spiro atoms. The van der Waals surface area contributed by atoms with Crippen LogP contribution in [0.1, 0.15) is 118 Å². The first-order valence-electron chi connectivity index (χ1n) is 13.2. The van der Waals surface area contributed by atoms with E-state index in [2.05, 4.69) is 47.1 Å². The molecule has 1 aliphatic heterocycles. The summed E-state index contributed by atoms with van der Waals surface area (Å²) in [7, 11) is 0. The van der Waals surface area contributed by atoms with E-state index in [4.69, 9.17) is 4.74 Å². The molecular weight excluding hydrogens is 472 g/mol. The largest absolute Gasteiger partial charge is 0.426 e. The third-order valence-electron chi connectivity index (χ3n) is 6.90. The van der Waals surface area contributed by atoms with E-state index in [0.29, 0.717) is 17.0 Å². The van der Waals surface area contributed by atoms with Crippen LogP contribution in [-0.2, 0) is 11.2 Å². The second kappa shape index (κ2) is 14.6. The van der Waals surface area contributed by atoms with Crippen LogP contribution in [0.25, 0.3) is 0 Å². The van der Waals surface area contributed by atoms with Crippen molar-refractivity contribution in [1.82, 2.24) is 0 Å². The van der Waals surface area contributed by atoms with Gasteiger partial charge in [0.2, 0.25) is 0 Å². The predicted molar refractivity (Wildman–Crippen MR) is 142 cm³/mol. The maximum absolute atomic E-state index is 12.5. The minimum atomic E-state index is -0.209. The van der Waals surface area contributed by atoms with Crippen LogP contribution in [0.2, 0.25) is 0 Å². The number of carbonyl (C=O) groups is 1. The summed E-state index contributed by atoms with van der Waals surface area (Å²) in [6, 6.07) is 16.4. The van der Waals surface area contributed by atoms with Crippen molar-refractivity contribution in [2.24, 2.45) is 0 Å². The Morgan fingerprint density at radius 1 is 0.818 bits per heavy atom. The van der Waals surface area contributed by atoms with Crippen LogP contribution in [0.3, 0.4) is 0 Å².